The Morgan fingerprint density at radius 2 is 2.31 bits per heavy atom. The summed E-state index contributed by atoms with van der Waals surface area (Å²) in [5.74, 6) is 0.652. The summed E-state index contributed by atoms with van der Waals surface area (Å²) in [6, 6.07) is 0.416. The van der Waals surface area contributed by atoms with E-state index in [4.69, 9.17) is 5.73 Å². The molecule has 1 aliphatic rings. The van der Waals surface area contributed by atoms with Crippen molar-refractivity contribution in [2.24, 2.45) is 5.73 Å². The average Bonchev–Trinajstić information content (AvgIpc) is 2.58. The molecule has 0 amide bonds. The Kier molecular flexibility index (Phi) is 3.71. The zero-order valence-electron chi connectivity index (χ0n) is 7.69. The van der Waals surface area contributed by atoms with E-state index in [0.717, 1.165) is 12.1 Å². The van der Waals surface area contributed by atoms with Gasteiger partial charge in [-0.05, 0) is 26.2 Å². The van der Waals surface area contributed by atoms with Crippen LogP contribution in [0.15, 0.2) is 5.38 Å². The van der Waals surface area contributed by atoms with Crippen LogP contribution in [0.2, 0.25) is 0 Å². The van der Waals surface area contributed by atoms with Crippen LogP contribution >= 0.6 is 23.7 Å². The number of rotatable bonds is 1. The van der Waals surface area contributed by atoms with E-state index in [0.29, 0.717) is 12.0 Å². The number of aryl methyl sites for hydroxylation is 1. The predicted octanol–water partition coefficient (Wildman–Crippen LogP) is 2.47. The Bertz CT molecular complexity index is 274. The van der Waals surface area contributed by atoms with Crippen LogP contribution < -0.4 is 5.73 Å². The molecule has 0 aliphatic heterocycles. The molecule has 4 heteroatoms. The van der Waals surface area contributed by atoms with Gasteiger partial charge in [-0.2, -0.15) is 0 Å². The molecular formula is C9H15ClN2S. The van der Waals surface area contributed by atoms with Crippen LogP contribution in [0.3, 0.4) is 0 Å². The maximum Gasteiger partial charge on any atom is 0.0959 e. The van der Waals surface area contributed by atoms with Crippen molar-refractivity contribution in [2.75, 3.05) is 0 Å². The molecular weight excluding hydrogens is 204 g/mol. The number of thiazole rings is 1. The van der Waals surface area contributed by atoms with E-state index in [1.165, 1.54) is 17.8 Å². The van der Waals surface area contributed by atoms with Crippen molar-refractivity contribution in [2.45, 2.75) is 38.1 Å². The summed E-state index contributed by atoms with van der Waals surface area (Å²) in [4.78, 5) is 4.49. The number of aromatic nitrogens is 1. The molecule has 0 radical (unpaired) electrons. The molecule has 1 heterocycles. The Balaban J connectivity index is 0.000000845. The van der Waals surface area contributed by atoms with Gasteiger partial charge in [-0.3, -0.25) is 0 Å². The van der Waals surface area contributed by atoms with Gasteiger partial charge in [0.05, 0.1) is 5.01 Å². The van der Waals surface area contributed by atoms with Crippen LogP contribution in [0.1, 0.15) is 35.9 Å². The Morgan fingerprint density at radius 1 is 1.54 bits per heavy atom. The van der Waals surface area contributed by atoms with E-state index < -0.39 is 0 Å². The summed E-state index contributed by atoms with van der Waals surface area (Å²) < 4.78 is 0. The largest absolute Gasteiger partial charge is 0.328 e. The maximum absolute atomic E-state index is 5.85. The fourth-order valence-electron chi connectivity index (χ4n) is 1.80. The van der Waals surface area contributed by atoms with Gasteiger partial charge in [0.15, 0.2) is 0 Å². The van der Waals surface area contributed by atoms with E-state index in [1.807, 2.05) is 0 Å². The lowest BCUT2D eigenvalue weighted by Crippen LogP contribution is -2.14. The zero-order chi connectivity index (χ0) is 8.55. The van der Waals surface area contributed by atoms with E-state index in [1.54, 1.807) is 11.3 Å². The molecule has 1 aromatic rings. The van der Waals surface area contributed by atoms with E-state index >= 15 is 0 Å². The molecule has 1 aromatic heterocycles. The van der Waals surface area contributed by atoms with Gasteiger partial charge in [0.25, 0.3) is 0 Å². The molecule has 74 valence electrons. The van der Waals surface area contributed by atoms with Crippen molar-refractivity contribution in [3.05, 3.63) is 16.1 Å². The SMILES string of the molecule is Cc1csc([C@H]2CC[C@H](N)C2)n1.Cl. The minimum Gasteiger partial charge on any atom is -0.328 e. The molecule has 0 unspecified atom stereocenters. The van der Waals surface area contributed by atoms with Crippen LogP contribution in [0.4, 0.5) is 0 Å². The molecule has 1 aliphatic carbocycles. The standard InChI is InChI=1S/C9H14N2S.ClH/c1-6-5-12-9(11-6)7-2-3-8(10)4-7;/h5,7-8H,2-4,10H2,1H3;1H/t7-,8-;/m0./s1. The van der Waals surface area contributed by atoms with Crippen molar-refractivity contribution in [3.8, 4) is 0 Å². The number of nitrogens with two attached hydrogens (primary N) is 1. The van der Waals surface area contributed by atoms with Gasteiger partial charge in [0, 0.05) is 23.0 Å². The third-order valence-electron chi connectivity index (χ3n) is 2.46. The van der Waals surface area contributed by atoms with Gasteiger partial charge in [-0.15, -0.1) is 23.7 Å². The normalized spacial score (nSPS) is 27.2. The summed E-state index contributed by atoms with van der Waals surface area (Å²) in [6.07, 6.45) is 3.53. The van der Waals surface area contributed by atoms with Crippen LogP contribution in [0.5, 0.6) is 0 Å². The topological polar surface area (TPSA) is 38.9 Å². The molecule has 0 aromatic carbocycles. The van der Waals surface area contributed by atoms with Crippen molar-refractivity contribution in [1.82, 2.24) is 4.98 Å². The van der Waals surface area contributed by atoms with Crippen LogP contribution in [-0.2, 0) is 0 Å². The fraction of sp³-hybridized carbons (Fsp3) is 0.667. The van der Waals surface area contributed by atoms with Gasteiger partial charge in [-0.25, -0.2) is 4.98 Å². The summed E-state index contributed by atoms with van der Waals surface area (Å²) >= 11 is 1.78. The van der Waals surface area contributed by atoms with E-state index in [9.17, 15) is 0 Å². The number of hydrogen-bond donors (Lipinski definition) is 1. The second-order valence-corrected chi connectivity index (χ2v) is 4.49. The lowest BCUT2D eigenvalue weighted by Gasteiger charge is -2.03. The molecule has 1 saturated carbocycles. The lowest BCUT2D eigenvalue weighted by molar-refractivity contribution is 0.671. The number of nitrogens with zero attached hydrogens (tertiary/aromatic N) is 1. The molecule has 0 spiro atoms. The van der Waals surface area contributed by atoms with Crippen molar-refractivity contribution in [1.29, 1.82) is 0 Å². The highest BCUT2D eigenvalue weighted by molar-refractivity contribution is 7.09. The first-order valence-corrected chi connectivity index (χ1v) is 5.31. The number of hydrogen-bond acceptors (Lipinski definition) is 3. The Hall–Kier alpha value is -0.120. The monoisotopic (exact) mass is 218 g/mol. The predicted molar refractivity (Wildman–Crippen MR) is 58.7 cm³/mol. The third-order valence-corrected chi connectivity index (χ3v) is 3.58. The summed E-state index contributed by atoms with van der Waals surface area (Å²) in [6.45, 7) is 2.05. The minimum absolute atomic E-state index is 0. The number of halogens is 1. The molecule has 1 fully saturated rings. The highest BCUT2D eigenvalue weighted by atomic mass is 35.5. The highest BCUT2D eigenvalue weighted by Gasteiger charge is 2.24. The van der Waals surface area contributed by atoms with Crippen LogP contribution in [0.25, 0.3) is 0 Å². The summed E-state index contributed by atoms with van der Waals surface area (Å²) in [5, 5.41) is 3.42. The molecule has 2 rings (SSSR count). The van der Waals surface area contributed by atoms with Crippen molar-refractivity contribution < 1.29 is 0 Å². The van der Waals surface area contributed by atoms with Gasteiger partial charge < -0.3 is 5.73 Å². The highest BCUT2D eigenvalue weighted by Crippen LogP contribution is 2.34. The first-order chi connectivity index (χ1) is 5.75. The van der Waals surface area contributed by atoms with Gasteiger partial charge in [0.2, 0.25) is 0 Å². The third kappa shape index (κ3) is 2.42. The second-order valence-electron chi connectivity index (χ2n) is 3.60. The summed E-state index contributed by atoms with van der Waals surface area (Å²) in [7, 11) is 0. The molecule has 2 nitrogen and oxygen atoms in total. The van der Waals surface area contributed by atoms with Crippen LogP contribution in [0, 0.1) is 6.92 Å². The summed E-state index contributed by atoms with van der Waals surface area (Å²) in [5.41, 5.74) is 6.99. The quantitative estimate of drug-likeness (QED) is 0.787. The van der Waals surface area contributed by atoms with E-state index in [2.05, 4.69) is 17.3 Å². The van der Waals surface area contributed by atoms with Gasteiger partial charge in [-0.1, -0.05) is 0 Å². The Morgan fingerprint density at radius 3 is 2.77 bits per heavy atom. The zero-order valence-corrected chi connectivity index (χ0v) is 9.33. The molecule has 0 saturated heterocycles. The smallest absolute Gasteiger partial charge is 0.0959 e. The molecule has 2 atom stereocenters. The average molecular weight is 219 g/mol. The second kappa shape index (κ2) is 4.40. The maximum atomic E-state index is 5.85. The van der Waals surface area contributed by atoms with Crippen molar-refractivity contribution >= 4 is 23.7 Å². The van der Waals surface area contributed by atoms with E-state index in [-0.39, 0.29) is 12.4 Å². The first-order valence-electron chi connectivity index (χ1n) is 4.43. The Labute approximate surface area is 89.0 Å². The molecule has 2 N–H and O–H groups in total. The van der Waals surface area contributed by atoms with Gasteiger partial charge in [0.1, 0.15) is 0 Å². The molecule has 13 heavy (non-hydrogen) atoms. The minimum atomic E-state index is 0. The molecule has 0 bridgehead atoms. The van der Waals surface area contributed by atoms with Crippen molar-refractivity contribution in [3.63, 3.8) is 0 Å². The van der Waals surface area contributed by atoms with Gasteiger partial charge >= 0.3 is 0 Å². The first kappa shape index (κ1) is 11.0. The fourth-order valence-corrected chi connectivity index (χ4v) is 2.75. The lowest BCUT2D eigenvalue weighted by atomic mass is 10.1. The van der Waals surface area contributed by atoms with Crippen LogP contribution in [-0.4, -0.2) is 11.0 Å².